The van der Waals surface area contributed by atoms with Gasteiger partial charge in [0.25, 0.3) is 5.91 Å². The van der Waals surface area contributed by atoms with Gasteiger partial charge in [0, 0.05) is 24.7 Å². The zero-order chi connectivity index (χ0) is 22.3. The molecule has 1 aromatic carbocycles. The van der Waals surface area contributed by atoms with Crippen LogP contribution in [0.15, 0.2) is 36.5 Å². The average molecular weight is 415 g/mol. The lowest BCUT2D eigenvalue weighted by Crippen LogP contribution is -2.39. The number of hydrogen-bond acceptors (Lipinski definition) is 5. The van der Waals surface area contributed by atoms with Crippen LogP contribution in [0.1, 0.15) is 56.6 Å². The van der Waals surface area contributed by atoms with Crippen molar-refractivity contribution >= 4 is 23.7 Å². The molecule has 9 heteroatoms. The minimum Gasteiger partial charge on any atom is -0.449 e. The van der Waals surface area contributed by atoms with Gasteiger partial charge < -0.3 is 20.7 Å². The van der Waals surface area contributed by atoms with Crippen LogP contribution in [0.5, 0.6) is 0 Å². The summed E-state index contributed by atoms with van der Waals surface area (Å²) in [5, 5.41) is 12.3. The third kappa shape index (κ3) is 6.61. The Kier molecular flexibility index (Phi) is 7.97. The van der Waals surface area contributed by atoms with Gasteiger partial charge in [-0.15, -0.1) is 0 Å². The van der Waals surface area contributed by atoms with Crippen molar-refractivity contribution in [2.45, 2.75) is 59.4 Å². The number of esters is 1. The summed E-state index contributed by atoms with van der Waals surface area (Å²) in [6, 6.07) is 8.19. The molecule has 162 valence electrons. The Balaban J connectivity index is 1.88. The van der Waals surface area contributed by atoms with Gasteiger partial charge in [-0.25, -0.2) is 14.3 Å². The zero-order valence-electron chi connectivity index (χ0n) is 17.9. The number of ether oxygens (including phenoxy) is 1. The van der Waals surface area contributed by atoms with Crippen molar-refractivity contribution in [1.29, 1.82) is 0 Å². The maximum absolute atomic E-state index is 12.4. The molecule has 2 rings (SSSR count). The number of urea groups is 1. The molecule has 0 aliphatic rings. The van der Waals surface area contributed by atoms with Crippen LogP contribution in [0.3, 0.4) is 0 Å². The molecular weight excluding hydrogens is 386 g/mol. The van der Waals surface area contributed by atoms with E-state index in [0.717, 1.165) is 5.56 Å². The summed E-state index contributed by atoms with van der Waals surface area (Å²) in [4.78, 5) is 36.3. The Bertz CT molecular complexity index is 874. The molecule has 0 saturated carbocycles. The summed E-state index contributed by atoms with van der Waals surface area (Å²) in [5.41, 5.74) is 1.15. The summed E-state index contributed by atoms with van der Waals surface area (Å²) < 4.78 is 6.94. The van der Waals surface area contributed by atoms with Gasteiger partial charge in [0.05, 0.1) is 11.8 Å². The largest absolute Gasteiger partial charge is 0.449 e. The van der Waals surface area contributed by atoms with E-state index in [1.807, 2.05) is 27.7 Å². The molecule has 0 unspecified atom stereocenters. The minimum atomic E-state index is -0.978. The molecule has 3 amide bonds. The van der Waals surface area contributed by atoms with Crippen molar-refractivity contribution in [2.75, 3.05) is 5.32 Å². The molecule has 1 atom stereocenters. The molecular formula is C21H29N5O4. The number of anilines is 1. The third-order valence-corrected chi connectivity index (χ3v) is 4.13. The summed E-state index contributed by atoms with van der Waals surface area (Å²) in [5.74, 6) is -0.508. The van der Waals surface area contributed by atoms with Gasteiger partial charge >= 0.3 is 12.0 Å². The second-order valence-corrected chi connectivity index (χ2v) is 7.47. The second-order valence-electron chi connectivity index (χ2n) is 7.47. The van der Waals surface area contributed by atoms with Gasteiger partial charge in [-0.1, -0.05) is 12.1 Å². The zero-order valence-corrected chi connectivity index (χ0v) is 17.9. The van der Waals surface area contributed by atoms with Crippen molar-refractivity contribution in [3.63, 3.8) is 0 Å². The normalized spacial score (nSPS) is 11.8. The number of benzene rings is 1. The van der Waals surface area contributed by atoms with Gasteiger partial charge in [0.1, 0.15) is 5.82 Å². The highest BCUT2D eigenvalue weighted by molar-refractivity contribution is 5.96. The van der Waals surface area contributed by atoms with Crippen LogP contribution >= 0.6 is 0 Å². The Morgan fingerprint density at radius 2 is 1.70 bits per heavy atom. The molecule has 1 heterocycles. The molecule has 0 radical (unpaired) electrons. The second kappa shape index (κ2) is 10.4. The standard InChI is InChI=1S/C21H29N5O4/c1-13(2)24-21(29)22-12-16-6-8-17(9-7-16)20(28)30-15(5)19(27)25-18-10-11-23-26(18)14(3)4/h6-11,13-15H,12H2,1-5H3,(H,25,27)(H2,22,24,29)/t15-/m1/s1. The van der Waals surface area contributed by atoms with E-state index < -0.39 is 18.0 Å². The molecule has 0 aliphatic carbocycles. The van der Waals surface area contributed by atoms with Crippen LogP contribution < -0.4 is 16.0 Å². The first-order valence-electron chi connectivity index (χ1n) is 9.86. The summed E-state index contributed by atoms with van der Waals surface area (Å²) in [7, 11) is 0. The molecule has 0 fully saturated rings. The van der Waals surface area contributed by atoms with Gasteiger partial charge in [-0.2, -0.15) is 5.10 Å². The average Bonchev–Trinajstić information content (AvgIpc) is 3.14. The van der Waals surface area contributed by atoms with E-state index in [2.05, 4.69) is 21.0 Å². The summed E-state index contributed by atoms with van der Waals surface area (Å²) >= 11 is 0. The highest BCUT2D eigenvalue weighted by Crippen LogP contribution is 2.14. The Morgan fingerprint density at radius 1 is 1.03 bits per heavy atom. The first-order chi connectivity index (χ1) is 14.2. The molecule has 30 heavy (non-hydrogen) atoms. The lowest BCUT2D eigenvalue weighted by atomic mass is 10.1. The number of rotatable bonds is 8. The van der Waals surface area contributed by atoms with Gasteiger partial charge in [-0.3, -0.25) is 4.79 Å². The van der Waals surface area contributed by atoms with E-state index in [9.17, 15) is 14.4 Å². The van der Waals surface area contributed by atoms with Crippen molar-refractivity contribution in [3.8, 4) is 0 Å². The van der Waals surface area contributed by atoms with Crippen LogP contribution in [0.25, 0.3) is 0 Å². The number of nitrogens with one attached hydrogen (secondary N) is 3. The summed E-state index contributed by atoms with van der Waals surface area (Å²) in [6.07, 6.45) is 0.615. The van der Waals surface area contributed by atoms with E-state index >= 15 is 0 Å². The highest BCUT2D eigenvalue weighted by atomic mass is 16.5. The fourth-order valence-corrected chi connectivity index (χ4v) is 2.59. The number of aromatic nitrogens is 2. The molecule has 0 bridgehead atoms. The van der Waals surface area contributed by atoms with Crippen LogP contribution in [0.4, 0.5) is 10.6 Å². The number of amides is 3. The number of carbonyl (C=O) groups excluding carboxylic acids is 3. The monoisotopic (exact) mass is 415 g/mol. The van der Waals surface area contributed by atoms with E-state index in [1.54, 1.807) is 41.2 Å². The van der Waals surface area contributed by atoms with Crippen molar-refractivity contribution in [1.82, 2.24) is 20.4 Å². The van der Waals surface area contributed by atoms with Crippen LogP contribution in [-0.2, 0) is 16.1 Å². The van der Waals surface area contributed by atoms with E-state index in [0.29, 0.717) is 17.9 Å². The molecule has 2 aromatic rings. The van der Waals surface area contributed by atoms with Crippen molar-refractivity contribution in [3.05, 3.63) is 47.7 Å². The Morgan fingerprint density at radius 3 is 2.30 bits per heavy atom. The quantitative estimate of drug-likeness (QED) is 0.574. The van der Waals surface area contributed by atoms with E-state index in [1.165, 1.54) is 6.92 Å². The third-order valence-electron chi connectivity index (χ3n) is 4.13. The molecule has 1 aromatic heterocycles. The Hall–Kier alpha value is -3.36. The lowest BCUT2D eigenvalue weighted by Gasteiger charge is -2.16. The van der Waals surface area contributed by atoms with Crippen molar-refractivity contribution in [2.24, 2.45) is 0 Å². The number of carbonyl (C=O) groups is 3. The fraction of sp³-hybridized carbons (Fsp3) is 0.429. The molecule has 0 aliphatic heterocycles. The minimum absolute atomic E-state index is 0.0484. The van der Waals surface area contributed by atoms with Crippen LogP contribution in [0.2, 0.25) is 0 Å². The summed E-state index contributed by atoms with van der Waals surface area (Å²) in [6.45, 7) is 9.48. The first-order valence-corrected chi connectivity index (χ1v) is 9.86. The van der Waals surface area contributed by atoms with Gasteiger partial charge in [0.2, 0.25) is 0 Å². The predicted molar refractivity (Wildman–Crippen MR) is 113 cm³/mol. The van der Waals surface area contributed by atoms with Gasteiger partial charge in [0.15, 0.2) is 6.10 Å². The molecule has 3 N–H and O–H groups in total. The maximum Gasteiger partial charge on any atom is 0.338 e. The molecule has 0 spiro atoms. The molecule has 9 nitrogen and oxygen atoms in total. The lowest BCUT2D eigenvalue weighted by molar-refractivity contribution is -0.123. The fourth-order valence-electron chi connectivity index (χ4n) is 2.59. The topological polar surface area (TPSA) is 114 Å². The number of nitrogens with zero attached hydrogens (tertiary/aromatic N) is 2. The van der Waals surface area contributed by atoms with Gasteiger partial charge in [-0.05, 0) is 52.3 Å². The van der Waals surface area contributed by atoms with Crippen LogP contribution in [-0.4, -0.2) is 39.8 Å². The van der Waals surface area contributed by atoms with E-state index in [-0.39, 0.29) is 18.1 Å². The smallest absolute Gasteiger partial charge is 0.338 e. The van der Waals surface area contributed by atoms with Crippen LogP contribution in [0, 0.1) is 0 Å². The van der Waals surface area contributed by atoms with Crippen molar-refractivity contribution < 1.29 is 19.1 Å². The molecule has 0 saturated heterocycles. The van der Waals surface area contributed by atoms with E-state index in [4.69, 9.17) is 4.74 Å². The first kappa shape index (κ1) is 22.9. The number of hydrogen-bond donors (Lipinski definition) is 3. The predicted octanol–water partition coefficient (Wildman–Crippen LogP) is 2.86. The SMILES string of the molecule is CC(C)NC(=O)NCc1ccc(C(=O)O[C@H](C)C(=O)Nc2ccnn2C(C)C)cc1. The Labute approximate surface area is 176 Å². The highest BCUT2D eigenvalue weighted by Gasteiger charge is 2.20. The maximum atomic E-state index is 12.4.